The number of hydrogen-bond donors (Lipinski definition) is 2. The minimum absolute atomic E-state index is 0.167. The number of benzene rings is 2. The van der Waals surface area contributed by atoms with Crippen molar-refractivity contribution in [3.63, 3.8) is 0 Å². The Morgan fingerprint density at radius 1 is 1.14 bits per heavy atom. The van der Waals surface area contributed by atoms with Crippen molar-refractivity contribution < 1.29 is 32.9 Å². The number of aliphatic hydroxyl groups is 1. The Kier molecular flexibility index (Phi) is 5.79. The molecule has 0 saturated carbocycles. The van der Waals surface area contributed by atoms with Gasteiger partial charge in [-0.3, -0.25) is 0 Å². The smallest absolute Gasteiger partial charge is 0.416 e. The molecule has 1 aliphatic heterocycles. The number of aliphatic hydroxyl groups excluding tert-OH is 1. The zero-order valence-corrected chi connectivity index (χ0v) is 14.8. The summed E-state index contributed by atoms with van der Waals surface area (Å²) >= 11 is 0. The molecule has 0 radical (unpaired) electrons. The molecule has 0 aromatic heterocycles. The minimum Gasteiger partial charge on any atom is -0.485 e. The summed E-state index contributed by atoms with van der Waals surface area (Å²) in [4.78, 5) is 12.6. The van der Waals surface area contributed by atoms with Crippen LogP contribution >= 0.6 is 0 Å². The first-order valence-electron chi connectivity index (χ1n) is 8.79. The quantitative estimate of drug-likeness (QED) is 0.797. The van der Waals surface area contributed by atoms with Crippen LogP contribution in [-0.2, 0) is 6.18 Å². The number of halogens is 3. The van der Waals surface area contributed by atoms with E-state index < -0.39 is 30.0 Å². The van der Waals surface area contributed by atoms with E-state index in [1.807, 2.05) is 30.3 Å². The monoisotopic (exact) mass is 395 g/mol. The maximum atomic E-state index is 12.8. The van der Waals surface area contributed by atoms with Gasteiger partial charge < -0.3 is 19.8 Å². The SMILES string of the molecule is O=C(O)N1C[C@@H](C(Oc2ccc(C(F)(F)F)cc2)c2ccccc2)C[C@H]1CO. The van der Waals surface area contributed by atoms with Gasteiger partial charge in [0, 0.05) is 12.5 Å². The zero-order chi connectivity index (χ0) is 20.3. The van der Waals surface area contributed by atoms with Crippen LogP contribution in [0.4, 0.5) is 18.0 Å². The van der Waals surface area contributed by atoms with Gasteiger partial charge in [-0.25, -0.2) is 4.79 Å². The first-order chi connectivity index (χ1) is 13.3. The number of alkyl halides is 3. The van der Waals surface area contributed by atoms with Crippen molar-refractivity contribution >= 4 is 6.09 Å². The molecule has 2 N–H and O–H groups in total. The zero-order valence-electron chi connectivity index (χ0n) is 14.8. The molecule has 3 atom stereocenters. The van der Waals surface area contributed by atoms with E-state index in [9.17, 15) is 28.2 Å². The van der Waals surface area contributed by atoms with Crippen LogP contribution in [0.2, 0.25) is 0 Å². The molecule has 1 unspecified atom stereocenters. The number of likely N-dealkylation sites (tertiary alicyclic amines) is 1. The standard InChI is InChI=1S/C20H20F3NO4/c21-20(22,23)15-6-8-17(9-7-15)28-18(13-4-2-1-3-5-13)14-10-16(12-25)24(11-14)19(26)27/h1-9,14,16,18,25H,10-12H2,(H,26,27)/t14-,16-,18?/m0/s1. The summed E-state index contributed by atoms with van der Waals surface area (Å²) < 4.78 is 44.3. The molecule has 0 bridgehead atoms. The third-order valence-electron chi connectivity index (χ3n) is 4.90. The molecule has 1 saturated heterocycles. The highest BCUT2D eigenvalue weighted by Gasteiger charge is 2.40. The van der Waals surface area contributed by atoms with Crippen molar-refractivity contribution in [3.8, 4) is 5.75 Å². The van der Waals surface area contributed by atoms with E-state index in [0.717, 1.165) is 17.7 Å². The van der Waals surface area contributed by atoms with E-state index in [1.165, 1.54) is 17.0 Å². The normalized spacial score (nSPS) is 20.8. The van der Waals surface area contributed by atoms with Crippen molar-refractivity contribution in [1.29, 1.82) is 0 Å². The second-order valence-corrected chi connectivity index (χ2v) is 6.74. The van der Waals surface area contributed by atoms with E-state index in [1.54, 1.807) is 0 Å². The Bertz CT molecular complexity index is 795. The molecular weight excluding hydrogens is 375 g/mol. The van der Waals surface area contributed by atoms with Crippen molar-refractivity contribution in [1.82, 2.24) is 4.90 Å². The molecule has 2 aromatic carbocycles. The lowest BCUT2D eigenvalue weighted by Gasteiger charge is -2.25. The summed E-state index contributed by atoms with van der Waals surface area (Å²) in [6, 6.07) is 13.0. The van der Waals surface area contributed by atoms with E-state index in [-0.39, 0.29) is 24.8 Å². The Balaban J connectivity index is 1.86. The van der Waals surface area contributed by atoms with Crippen LogP contribution in [0, 0.1) is 5.92 Å². The highest BCUT2D eigenvalue weighted by Crippen LogP contribution is 2.38. The Morgan fingerprint density at radius 3 is 2.29 bits per heavy atom. The number of ether oxygens (including phenoxy) is 1. The lowest BCUT2D eigenvalue weighted by atomic mass is 9.93. The van der Waals surface area contributed by atoms with Crippen LogP contribution in [0.1, 0.15) is 23.7 Å². The molecular formula is C20H20F3NO4. The summed E-state index contributed by atoms with van der Waals surface area (Å²) in [5.41, 5.74) is 0.0192. The second-order valence-electron chi connectivity index (χ2n) is 6.74. The predicted molar refractivity (Wildman–Crippen MR) is 95.0 cm³/mol. The molecule has 2 aromatic rings. The third kappa shape index (κ3) is 4.39. The van der Waals surface area contributed by atoms with E-state index in [2.05, 4.69) is 0 Å². The molecule has 3 rings (SSSR count). The van der Waals surface area contributed by atoms with Crippen LogP contribution in [-0.4, -0.2) is 40.4 Å². The first-order valence-corrected chi connectivity index (χ1v) is 8.79. The van der Waals surface area contributed by atoms with Gasteiger partial charge in [-0.15, -0.1) is 0 Å². The first kappa shape index (κ1) is 20.0. The topological polar surface area (TPSA) is 70.0 Å². The van der Waals surface area contributed by atoms with Crippen molar-refractivity contribution in [3.05, 3.63) is 65.7 Å². The fraction of sp³-hybridized carbons (Fsp3) is 0.350. The minimum atomic E-state index is -4.43. The average Bonchev–Trinajstić information content (AvgIpc) is 3.11. The third-order valence-corrected chi connectivity index (χ3v) is 4.90. The highest BCUT2D eigenvalue weighted by molar-refractivity contribution is 5.66. The Labute approximate surface area is 160 Å². The van der Waals surface area contributed by atoms with Gasteiger partial charge in [-0.05, 0) is 36.2 Å². The second kappa shape index (κ2) is 8.10. The average molecular weight is 395 g/mol. The van der Waals surface area contributed by atoms with Crippen LogP contribution in [0.3, 0.4) is 0 Å². The summed E-state index contributed by atoms with van der Waals surface area (Å²) in [5.74, 6) is 0.00844. The number of carbonyl (C=O) groups is 1. The number of hydrogen-bond acceptors (Lipinski definition) is 3. The predicted octanol–water partition coefficient (Wildman–Crippen LogP) is 4.19. The lowest BCUT2D eigenvalue weighted by Crippen LogP contribution is -2.36. The van der Waals surface area contributed by atoms with Crippen molar-refractivity contribution in [2.45, 2.75) is 24.7 Å². The molecule has 8 heteroatoms. The largest absolute Gasteiger partial charge is 0.485 e. The van der Waals surface area contributed by atoms with Gasteiger partial charge in [0.05, 0.1) is 18.2 Å². The van der Waals surface area contributed by atoms with Crippen LogP contribution in [0.15, 0.2) is 54.6 Å². The van der Waals surface area contributed by atoms with Gasteiger partial charge in [-0.2, -0.15) is 13.2 Å². The molecule has 5 nitrogen and oxygen atoms in total. The Hall–Kier alpha value is -2.74. The molecule has 150 valence electrons. The fourth-order valence-corrected chi connectivity index (χ4v) is 3.53. The molecule has 1 aliphatic rings. The van der Waals surface area contributed by atoms with Gasteiger partial charge in [-0.1, -0.05) is 30.3 Å². The van der Waals surface area contributed by atoms with Crippen LogP contribution < -0.4 is 4.74 Å². The number of nitrogens with zero attached hydrogens (tertiary/aromatic N) is 1. The maximum absolute atomic E-state index is 12.8. The lowest BCUT2D eigenvalue weighted by molar-refractivity contribution is -0.137. The Morgan fingerprint density at radius 2 is 1.79 bits per heavy atom. The summed E-state index contributed by atoms with van der Waals surface area (Å²) in [6.45, 7) is -0.134. The molecule has 0 aliphatic carbocycles. The number of amides is 1. The molecule has 0 spiro atoms. The molecule has 1 amide bonds. The van der Waals surface area contributed by atoms with E-state index in [0.29, 0.717) is 6.42 Å². The maximum Gasteiger partial charge on any atom is 0.416 e. The fourth-order valence-electron chi connectivity index (χ4n) is 3.53. The van der Waals surface area contributed by atoms with Gasteiger partial charge in [0.2, 0.25) is 0 Å². The van der Waals surface area contributed by atoms with Gasteiger partial charge >= 0.3 is 12.3 Å². The summed E-state index contributed by atoms with van der Waals surface area (Å²) in [6.07, 6.45) is -5.72. The van der Waals surface area contributed by atoms with Crippen molar-refractivity contribution in [2.75, 3.05) is 13.2 Å². The van der Waals surface area contributed by atoms with Crippen molar-refractivity contribution in [2.24, 2.45) is 5.92 Å². The van der Waals surface area contributed by atoms with Crippen LogP contribution in [0.25, 0.3) is 0 Å². The summed E-state index contributed by atoms with van der Waals surface area (Å²) in [7, 11) is 0. The van der Waals surface area contributed by atoms with E-state index in [4.69, 9.17) is 4.74 Å². The number of rotatable bonds is 5. The van der Waals surface area contributed by atoms with Gasteiger partial charge in [0.1, 0.15) is 11.9 Å². The van der Waals surface area contributed by atoms with Gasteiger partial charge in [0.25, 0.3) is 0 Å². The summed E-state index contributed by atoms with van der Waals surface area (Å²) in [5, 5.41) is 18.8. The van der Waals surface area contributed by atoms with Gasteiger partial charge in [0.15, 0.2) is 0 Å². The molecule has 28 heavy (non-hydrogen) atoms. The molecule has 1 heterocycles. The number of carboxylic acid groups (broad SMARTS) is 1. The highest BCUT2D eigenvalue weighted by atomic mass is 19.4. The van der Waals surface area contributed by atoms with E-state index >= 15 is 0 Å². The molecule has 1 fully saturated rings. The van der Waals surface area contributed by atoms with Crippen LogP contribution in [0.5, 0.6) is 5.75 Å².